The Balaban J connectivity index is 1.88. The van der Waals surface area contributed by atoms with E-state index in [4.69, 9.17) is 0 Å². The summed E-state index contributed by atoms with van der Waals surface area (Å²) in [6, 6.07) is 20.3. The minimum absolute atomic E-state index is 0.631. The van der Waals surface area contributed by atoms with E-state index >= 15 is 0 Å². The first-order valence-corrected chi connectivity index (χ1v) is 7.78. The first-order valence-electron chi connectivity index (χ1n) is 7.78. The Labute approximate surface area is 140 Å². The molecule has 0 aliphatic carbocycles. The fraction of sp³-hybridized carbons (Fsp3) is 0.0476. The normalized spacial score (nSPS) is 10.4. The van der Waals surface area contributed by atoms with Crippen molar-refractivity contribution in [1.29, 1.82) is 0 Å². The predicted octanol–water partition coefficient (Wildman–Crippen LogP) is 4.13. The summed E-state index contributed by atoms with van der Waals surface area (Å²) in [5.74, 6) is 7.13. The van der Waals surface area contributed by atoms with Gasteiger partial charge in [-0.25, -0.2) is 9.97 Å². The minimum atomic E-state index is 0.631. The molecule has 24 heavy (non-hydrogen) atoms. The van der Waals surface area contributed by atoms with Gasteiger partial charge in [0.25, 0.3) is 0 Å². The van der Waals surface area contributed by atoms with Gasteiger partial charge >= 0.3 is 0 Å². The third-order valence-electron chi connectivity index (χ3n) is 3.85. The molecule has 0 bridgehead atoms. The van der Waals surface area contributed by atoms with Crippen LogP contribution in [0, 0.1) is 18.8 Å². The number of hydrogen-bond donors (Lipinski definition) is 0. The average molecular weight is 309 g/mol. The minimum Gasteiger partial charge on any atom is -0.271 e. The van der Waals surface area contributed by atoms with Crippen molar-refractivity contribution in [3.63, 3.8) is 0 Å². The first-order chi connectivity index (χ1) is 11.8. The molecule has 4 rings (SSSR count). The van der Waals surface area contributed by atoms with Crippen LogP contribution in [0.15, 0.2) is 73.1 Å². The quantitative estimate of drug-likeness (QED) is 0.495. The number of rotatable bonds is 1. The molecule has 3 heteroatoms. The highest BCUT2D eigenvalue weighted by Gasteiger charge is 2.10. The van der Waals surface area contributed by atoms with Crippen LogP contribution in [-0.2, 0) is 0 Å². The van der Waals surface area contributed by atoms with Gasteiger partial charge in [0.05, 0.1) is 5.52 Å². The van der Waals surface area contributed by atoms with Gasteiger partial charge in [-0.2, -0.15) is 0 Å². The summed E-state index contributed by atoms with van der Waals surface area (Å²) in [4.78, 5) is 8.77. The fourth-order valence-corrected chi connectivity index (χ4v) is 2.64. The van der Waals surface area contributed by atoms with E-state index in [1.54, 1.807) is 12.4 Å². The maximum atomic E-state index is 4.38. The molecule has 0 aliphatic heterocycles. The molecular weight excluding hydrogens is 294 g/mol. The molecule has 4 aromatic rings. The topological polar surface area (TPSA) is 30.7 Å². The van der Waals surface area contributed by atoms with Crippen molar-refractivity contribution in [3.05, 3.63) is 89.9 Å². The molecule has 3 nitrogen and oxygen atoms in total. The second-order valence-electron chi connectivity index (χ2n) is 5.59. The van der Waals surface area contributed by atoms with Crippen LogP contribution >= 0.6 is 0 Å². The maximum Gasteiger partial charge on any atom is 0.235 e. The molecule has 0 amide bonds. The molecule has 114 valence electrons. The zero-order valence-corrected chi connectivity index (χ0v) is 13.3. The number of hydrogen-bond acceptors (Lipinski definition) is 2. The van der Waals surface area contributed by atoms with Crippen molar-refractivity contribution in [2.45, 2.75) is 6.92 Å². The molecule has 0 unspecified atom stereocenters. The lowest BCUT2D eigenvalue weighted by atomic mass is 10.1. The molecule has 0 aliphatic rings. The van der Waals surface area contributed by atoms with Crippen LogP contribution in [0.25, 0.3) is 16.9 Å². The van der Waals surface area contributed by atoms with Gasteiger partial charge in [-0.05, 0) is 43.2 Å². The van der Waals surface area contributed by atoms with E-state index in [0.29, 0.717) is 5.95 Å². The summed E-state index contributed by atoms with van der Waals surface area (Å²) >= 11 is 0. The summed E-state index contributed by atoms with van der Waals surface area (Å²) in [5.41, 5.74) is 4.15. The lowest BCUT2D eigenvalue weighted by molar-refractivity contribution is 0.951. The monoisotopic (exact) mass is 309 g/mol. The predicted molar refractivity (Wildman–Crippen MR) is 96.0 cm³/mol. The Hall–Kier alpha value is -3.38. The van der Waals surface area contributed by atoms with E-state index in [-0.39, 0.29) is 0 Å². The summed E-state index contributed by atoms with van der Waals surface area (Å²) in [6.07, 6.45) is 3.49. The van der Waals surface area contributed by atoms with Crippen LogP contribution in [0.2, 0.25) is 0 Å². The standard InChI is InChI=1S/C21H15N3/c1-16-7-9-17(10-8-16)11-12-19-15-18-5-2-3-6-20(18)24(19)21-22-13-4-14-23-21/h2-10,13-15H,1H3. The summed E-state index contributed by atoms with van der Waals surface area (Å²) < 4.78 is 2.00. The molecule has 0 saturated heterocycles. The second kappa shape index (κ2) is 6.02. The molecule has 0 fully saturated rings. The van der Waals surface area contributed by atoms with Crippen molar-refractivity contribution < 1.29 is 0 Å². The molecule has 0 atom stereocenters. The van der Waals surface area contributed by atoms with Gasteiger partial charge in [0.15, 0.2) is 0 Å². The van der Waals surface area contributed by atoms with Crippen molar-refractivity contribution in [3.8, 4) is 17.8 Å². The Morgan fingerprint density at radius 1 is 0.833 bits per heavy atom. The van der Waals surface area contributed by atoms with E-state index in [0.717, 1.165) is 22.2 Å². The molecule has 0 spiro atoms. The van der Waals surface area contributed by atoms with Gasteiger partial charge in [0.1, 0.15) is 5.69 Å². The molecule has 0 radical (unpaired) electrons. The lowest BCUT2D eigenvalue weighted by Crippen LogP contribution is -2.02. The lowest BCUT2D eigenvalue weighted by Gasteiger charge is -2.04. The fourth-order valence-electron chi connectivity index (χ4n) is 2.64. The molecule has 2 heterocycles. The van der Waals surface area contributed by atoms with Crippen molar-refractivity contribution in [2.75, 3.05) is 0 Å². The van der Waals surface area contributed by atoms with Gasteiger partial charge in [-0.15, -0.1) is 0 Å². The number of aromatic nitrogens is 3. The van der Waals surface area contributed by atoms with E-state index in [2.05, 4.69) is 59.1 Å². The Bertz CT molecular complexity index is 1050. The van der Waals surface area contributed by atoms with Crippen LogP contribution in [-0.4, -0.2) is 14.5 Å². The number of nitrogens with zero attached hydrogens (tertiary/aromatic N) is 3. The van der Waals surface area contributed by atoms with E-state index in [9.17, 15) is 0 Å². The van der Waals surface area contributed by atoms with Crippen LogP contribution in [0.3, 0.4) is 0 Å². The molecule has 2 aromatic carbocycles. The zero-order valence-electron chi connectivity index (χ0n) is 13.3. The highest BCUT2D eigenvalue weighted by Crippen LogP contribution is 2.22. The Kier molecular flexibility index (Phi) is 3.57. The van der Waals surface area contributed by atoms with Gasteiger partial charge in [-0.1, -0.05) is 41.8 Å². The van der Waals surface area contributed by atoms with Crippen LogP contribution in [0.1, 0.15) is 16.8 Å². The van der Waals surface area contributed by atoms with Gasteiger partial charge in [-0.3, -0.25) is 4.57 Å². The van der Waals surface area contributed by atoms with E-state index < -0.39 is 0 Å². The highest BCUT2D eigenvalue weighted by atomic mass is 15.1. The highest BCUT2D eigenvalue weighted by molar-refractivity contribution is 5.84. The maximum absolute atomic E-state index is 4.38. The summed E-state index contributed by atoms with van der Waals surface area (Å²) in [5, 5.41) is 1.12. The number of benzene rings is 2. The zero-order chi connectivity index (χ0) is 16.4. The van der Waals surface area contributed by atoms with Gasteiger partial charge in [0.2, 0.25) is 5.95 Å². The van der Waals surface area contributed by atoms with Crippen LogP contribution in [0.5, 0.6) is 0 Å². The smallest absolute Gasteiger partial charge is 0.235 e. The van der Waals surface area contributed by atoms with Crippen molar-refractivity contribution >= 4 is 10.9 Å². The van der Waals surface area contributed by atoms with E-state index in [1.807, 2.05) is 34.9 Å². The third-order valence-corrected chi connectivity index (χ3v) is 3.85. The molecule has 2 aromatic heterocycles. The SMILES string of the molecule is Cc1ccc(C#Cc2cc3ccccc3n2-c2ncccn2)cc1. The number of fused-ring (bicyclic) bond motifs is 1. The summed E-state index contributed by atoms with van der Waals surface area (Å²) in [6.45, 7) is 2.07. The average Bonchev–Trinajstić information content (AvgIpc) is 3.00. The third kappa shape index (κ3) is 2.66. The molecule has 0 N–H and O–H groups in total. The van der Waals surface area contributed by atoms with Gasteiger partial charge < -0.3 is 0 Å². The number of para-hydroxylation sites is 1. The van der Waals surface area contributed by atoms with Crippen LogP contribution < -0.4 is 0 Å². The van der Waals surface area contributed by atoms with Gasteiger partial charge in [0, 0.05) is 23.3 Å². The summed E-state index contributed by atoms with van der Waals surface area (Å²) in [7, 11) is 0. The second-order valence-corrected chi connectivity index (χ2v) is 5.59. The number of aryl methyl sites for hydroxylation is 1. The largest absolute Gasteiger partial charge is 0.271 e. The first kappa shape index (κ1) is 14.2. The van der Waals surface area contributed by atoms with Crippen molar-refractivity contribution in [1.82, 2.24) is 14.5 Å². The van der Waals surface area contributed by atoms with Crippen LogP contribution in [0.4, 0.5) is 0 Å². The van der Waals surface area contributed by atoms with E-state index in [1.165, 1.54) is 5.56 Å². The molecular formula is C21H15N3. The molecule has 0 saturated carbocycles. The van der Waals surface area contributed by atoms with Crippen molar-refractivity contribution in [2.24, 2.45) is 0 Å². The Morgan fingerprint density at radius 2 is 1.58 bits per heavy atom. The Morgan fingerprint density at radius 3 is 2.38 bits per heavy atom.